The molecule has 8 heteroatoms. The number of nitrogens with zero attached hydrogens (tertiary/aromatic N) is 4. The van der Waals surface area contributed by atoms with Crippen LogP contribution in [0.15, 0.2) is 18.2 Å². The topological polar surface area (TPSA) is 82.5 Å². The van der Waals surface area contributed by atoms with E-state index in [1.807, 2.05) is 11.7 Å². The average molecular weight is 439 g/mol. The molecule has 3 aliphatic rings. The molecule has 0 radical (unpaired) electrons. The lowest BCUT2D eigenvalue weighted by Crippen LogP contribution is -2.39. The number of piperidine rings is 2. The van der Waals surface area contributed by atoms with Crippen molar-refractivity contribution >= 4 is 28.4 Å². The molecule has 0 saturated carbocycles. The van der Waals surface area contributed by atoms with Crippen LogP contribution in [-0.4, -0.2) is 72.3 Å². The Bertz CT molecular complexity index is 986. The van der Waals surface area contributed by atoms with Crippen molar-refractivity contribution in [1.82, 2.24) is 25.3 Å². The van der Waals surface area contributed by atoms with Gasteiger partial charge in [-0.05, 0) is 62.9 Å². The number of imide groups is 1. The summed E-state index contributed by atoms with van der Waals surface area (Å²) in [7, 11) is 1.93. The lowest BCUT2D eigenvalue weighted by Gasteiger charge is -2.36. The van der Waals surface area contributed by atoms with Gasteiger partial charge in [0.05, 0.1) is 17.1 Å². The van der Waals surface area contributed by atoms with Crippen molar-refractivity contribution in [2.24, 2.45) is 13.0 Å². The summed E-state index contributed by atoms with van der Waals surface area (Å²) in [5.74, 6) is 0.00775. The number of fused-ring (bicyclic) bond motifs is 1. The Morgan fingerprint density at radius 3 is 2.72 bits per heavy atom. The molecule has 2 N–H and O–H groups in total. The zero-order valence-electron chi connectivity index (χ0n) is 19.0. The van der Waals surface area contributed by atoms with Crippen molar-refractivity contribution in [2.75, 3.05) is 50.7 Å². The molecule has 4 heterocycles. The molecule has 2 aromatic rings. The predicted molar refractivity (Wildman–Crippen MR) is 125 cm³/mol. The highest BCUT2D eigenvalue weighted by Gasteiger charge is 2.32. The van der Waals surface area contributed by atoms with Crippen molar-refractivity contribution in [1.29, 1.82) is 0 Å². The van der Waals surface area contributed by atoms with Crippen molar-refractivity contribution in [3.05, 3.63) is 23.9 Å². The van der Waals surface area contributed by atoms with Crippen LogP contribution in [0, 0.1) is 5.92 Å². The molecule has 1 aromatic heterocycles. The number of amides is 2. The maximum absolute atomic E-state index is 12.4. The van der Waals surface area contributed by atoms with Gasteiger partial charge in [-0.25, -0.2) is 0 Å². The summed E-state index contributed by atoms with van der Waals surface area (Å²) in [5, 5.41) is 11.6. The first-order valence-corrected chi connectivity index (χ1v) is 12.1. The Labute approximate surface area is 189 Å². The van der Waals surface area contributed by atoms with Gasteiger partial charge in [0.1, 0.15) is 0 Å². The molecule has 0 aliphatic carbocycles. The first kappa shape index (κ1) is 21.4. The SMILES string of the molecule is Cn1nc(C2CCC(=O)NC2=O)c2ccc(N3CCC(CN4CCCNCC4)CC3)cc21. The van der Waals surface area contributed by atoms with Gasteiger partial charge >= 0.3 is 0 Å². The minimum absolute atomic E-state index is 0.190. The van der Waals surface area contributed by atoms with E-state index in [0.29, 0.717) is 12.8 Å². The largest absolute Gasteiger partial charge is 0.371 e. The number of carbonyl (C=O) groups excluding carboxylic acids is 2. The second kappa shape index (κ2) is 9.19. The van der Waals surface area contributed by atoms with E-state index in [0.717, 1.165) is 48.7 Å². The average Bonchev–Trinajstić information content (AvgIpc) is 2.95. The molecule has 0 bridgehead atoms. The monoisotopic (exact) mass is 438 g/mol. The lowest BCUT2D eigenvalue weighted by molar-refractivity contribution is -0.134. The zero-order valence-corrected chi connectivity index (χ0v) is 19.0. The maximum Gasteiger partial charge on any atom is 0.235 e. The molecule has 5 rings (SSSR count). The van der Waals surface area contributed by atoms with E-state index in [-0.39, 0.29) is 17.7 Å². The Morgan fingerprint density at radius 2 is 1.91 bits per heavy atom. The summed E-state index contributed by atoms with van der Waals surface area (Å²) in [6, 6.07) is 6.48. The first-order valence-electron chi connectivity index (χ1n) is 12.1. The minimum atomic E-state index is -0.354. The summed E-state index contributed by atoms with van der Waals surface area (Å²) in [6.07, 6.45) is 4.61. The Morgan fingerprint density at radius 1 is 1.06 bits per heavy atom. The standard InChI is InChI=1S/C24H34N6O2/c1-28-21-15-18(3-4-19(21)23(27-28)20-5-6-22(31)26-24(20)32)30-12-7-17(8-13-30)16-29-11-2-9-25-10-14-29/h3-4,15,17,20,25H,2,5-14,16H2,1H3,(H,26,31,32). The van der Waals surface area contributed by atoms with Crippen LogP contribution < -0.4 is 15.5 Å². The van der Waals surface area contributed by atoms with Gasteiger partial charge in [-0.1, -0.05) is 0 Å². The van der Waals surface area contributed by atoms with Gasteiger partial charge < -0.3 is 15.1 Å². The normalized spacial score (nSPS) is 24.0. The third-order valence-corrected chi connectivity index (χ3v) is 7.36. The number of aromatic nitrogens is 2. The molecule has 172 valence electrons. The van der Waals surface area contributed by atoms with Gasteiger partial charge in [0.25, 0.3) is 0 Å². The van der Waals surface area contributed by atoms with Crippen LogP contribution in [0.25, 0.3) is 10.9 Å². The summed E-state index contributed by atoms with van der Waals surface area (Å²) in [5.41, 5.74) is 3.05. The fourth-order valence-corrected chi connectivity index (χ4v) is 5.51. The fourth-order valence-electron chi connectivity index (χ4n) is 5.51. The number of carbonyl (C=O) groups is 2. The molecule has 2 amide bonds. The number of anilines is 1. The van der Waals surface area contributed by atoms with E-state index in [1.165, 1.54) is 44.6 Å². The van der Waals surface area contributed by atoms with Crippen LogP contribution in [0.1, 0.15) is 43.7 Å². The summed E-state index contributed by atoms with van der Waals surface area (Å²) in [4.78, 5) is 29.0. The Kier molecular flexibility index (Phi) is 6.15. The molecular formula is C24H34N6O2. The van der Waals surface area contributed by atoms with E-state index >= 15 is 0 Å². The van der Waals surface area contributed by atoms with E-state index in [2.05, 4.69) is 43.7 Å². The van der Waals surface area contributed by atoms with Crippen molar-refractivity contribution in [3.8, 4) is 0 Å². The van der Waals surface area contributed by atoms with Gasteiger partial charge in [-0.2, -0.15) is 5.10 Å². The number of hydrogen-bond acceptors (Lipinski definition) is 6. The van der Waals surface area contributed by atoms with E-state index < -0.39 is 0 Å². The number of nitrogens with one attached hydrogen (secondary N) is 2. The second-order valence-electron chi connectivity index (χ2n) is 9.55. The molecule has 3 aliphatic heterocycles. The molecule has 1 atom stereocenters. The van der Waals surface area contributed by atoms with Crippen LogP contribution >= 0.6 is 0 Å². The molecule has 32 heavy (non-hydrogen) atoms. The van der Waals surface area contributed by atoms with Gasteiger partial charge in [0.15, 0.2) is 0 Å². The van der Waals surface area contributed by atoms with Gasteiger partial charge in [-0.15, -0.1) is 0 Å². The van der Waals surface area contributed by atoms with Crippen LogP contribution in [-0.2, 0) is 16.6 Å². The van der Waals surface area contributed by atoms with Crippen molar-refractivity contribution in [3.63, 3.8) is 0 Å². The van der Waals surface area contributed by atoms with Crippen LogP contribution in [0.4, 0.5) is 5.69 Å². The lowest BCUT2D eigenvalue weighted by atomic mass is 9.92. The van der Waals surface area contributed by atoms with Crippen molar-refractivity contribution in [2.45, 2.75) is 38.0 Å². The van der Waals surface area contributed by atoms with Crippen LogP contribution in [0.2, 0.25) is 0 Å². The quantitative estimate of drug-likeness (QED) is 0.706. The van der Waals surface area contributed by atoms with Gasteiger partial charge in [0.2, 0.25) is 11.8 Å². The molecule has 1 unspecified atom stereocenters. The summed E-state index contributed by atoms with van der Waals surface area (Å²) >= 11 is 0. The van der Waals surface area contributed by atoms with Gasteiger partial charge in [0, 0.05) is 57.3 Å². The Balaban J connectivity index is 1.26. The number of benzene rings is 1. The molecule has 8 nitrogen and oxygen atoms in total. The third kappa shape index (κ3) is 4.38. The number of hydrogen-bond donors (Lipinski definition) is 2. The number of rotatable bonds is 4. The third-order valence-electron chi connectivity index (χ3n) is 7.36. The highest BCUT2D eigenvalue weighted by atomic mass is 16.2. The summed E-state index contributed by atoms with van der Waals surface area (Å²) < 4.78 is 1.87. The summed E-state index contributed by atoms with van der Waals surface area (Å²) in [6.45, 7) is 8.06. The van der Waals surface area contributed by atoms with E-state index in [9.17, 15) is 9.59 Å². The smallest absolute Gasteiger partial charge is 0.235 e. The zero-order chi connectivity index (χ0) is 22.1. The highest BCUT2D eigenvalue weighted by Crippen LogP contribution is 2.33. The first-order chi connectivity index (χ1) is 15.6. The second-order valence-corrected chi connectivity index (χ2v) is 9.55. The molecule has 1 aromatic carbocycles. The van der Waals surface area contributed by atoms with Gasteiger partial charge in [-0.3, -0.25) is 19.6 Å². The molecule has 3 fully saturated rings. The van der Waals surface area contributed by atoms with E-state index in [4.69, 9.17) is 0 Å². The van der Waals surface area contributed by atoms with Crippen molar-refractivity contribution < 1.29 is 9.59 Å². The minimum Gasteiger partial charge on any atom is -0.371 e. The molecular weight excluding hydrogens is 404 g/mol. The Hall–Kier alpha value is -2.45. The maximum atomic E-state index is 12.4. The number of aryl methyl sites for hydroxylation is 1. The molecule has 3 saturated heterocycles. The predicted octanol–water partition coefficient (Wildman–Crippen LogP) is 1.61. The fraction of sp³-hybridized carbons (Fsp3) is 0.625. The molecule has 0 spiro atoms. The van der Waals surface area contributed by atoms with Crippen LogP contribution in [0.3, 0.4) is 0 Å². The van der Waals surface area contributed by atoms with Crippen LogP contribution in [0.5, 0.6) is 0 Å². The highest BCUT2D eigenvalue weighted by molar-refractivity contribution is 6.02. The van der Waals surface area contributed by atoms with E-state index in [1.54, 1.807) is 0 Å².